The molecule has 2 heterocycles. The minimum Gasteiger partial charge on any atom is -0.478 e. The van der Waals surface area contributed by atoms with Crippen molar-refractivity contribution < 1.29 is 19.8 Å². The topological polar surface area (TPSA) is 90.2 Å². The largest absolute Gasteiger partial charge is 0.478 e. The van der Waals surface area contributed by atoms with Gasteiger partial charge < -0.3 is 15.1 Å². The first-order valence-corrected chi connectivity index (χ1v) is 10.9. The number of unbranched alkanes of at least 4 members (excludes halogenated alkanes) is 1. The number of amidine groups is 1. The summed E-state index contributed by atoms with van der Waals surface area (Å²) >= 11 is 1.55. The highest BCUT2D eigenvalue weighted by molar-refractivity contribution is 7.09. The lowest BCUT2D eigenvalue weighted by molar-refractivity contribution is -0.132. The molecule has 0 aliphatic carbocycles. The Balaban J connectivity index is 1.82. The maximum Gasteiger partial charge on any atom is 0.335 e. The van der Waals surface area contributed by atoms with E-state index in [4.69, 9.17) is 10.1 Å². The van der Waals surface area contributed by atoms with Crippen LogP contribution in [0.3, 0.4) is 0 Å². The predicted octanol–water partition coefficient (Wildman–Crippen LogP) is 4.47. The third kappa shape index (κ3) is 5.57. The van der Waals surface area contributed by atoms with E-state index in [2.05, 4.69) is 11.8 Å². The Morgan fingerprint density at radius 1 is 1.23 bits per heavy atom. The summed E-state index contributed by atoms with van der Waals surface area (Å²) in [5, 5.41) is 20.8. The van der Waals surface area contributed by atoms with Gasteiger partial charge in [0, 0.05) is 29.8 Å². The number of nitrogens with zero attached hydrogens (tertiary/aromatic N) is 2. The molecule has 0 bridgehead atoms. The van der Waals surface area contributed by atoms with Crippen LogP contribution >= 0.6 is 11.3 Å². The van der Waals surface area contributed by atoms with Crippen LogP contribution < -0.4 is 0 Å². The van der Waals surface area contributed by atoms with E-state index in [0.717, 1.165) is 35.5 Å². The molecule has 1 unspecified atom stereocenters. The Kier molecular flexibility index (Phi) is 7.41. The minimum absolute atomic E-state index is 0.123. The Morgan fingerprint density at radius 2 is 2.00 bits per heavy atom. The van der Waals surface area contributed by atoms with Gasteiger partial charge >= 0.3 is 11.9 Å². The summed E-state index contributed by atoms with van der Waals surface area (Å²) < 4.78 is 0. The van der Waals surface area contributed by atoms with Crippen LogP contribution in [0.5, 0.6) is 0 Å². The molecule has 1 aromatic carbocycles. The van der Waals surface area contributed by atoms with Gasteiger partial charge in [0.1, 0.15) is 0 Å². The second kappa shape index (κ2) is 10.2. The highest BCUT2D eigenvalue weighted by atomic mass is 32.1. The average molecular weight is 427 g/mol. The minimum atomic E-state index is -0.951. The van der Waals surface area contributed by atoms with E-state index < -0.39 is 11.9 Å². The van der Waals surface area contributed by atoms with Crippen molar-refractivity contribution in [3.8, 4) is 0 Å². The number of carboxylic acids is 2. The zero-order valence-electron chi connectivity index (χ0n) is 17.0. The highest BCUT2D eigenvalue weighted by Gasteiger charge is 2.27. The molecule has 1 atom stereocenters. The summed E-state index contributed by atoms with van der Waals surface area (Å²) in [6.45, 7) is 3.23. The summed E-state index contributed by atoms with van der Waals surface area (Å²) in [6, 6.07) is 10.6. The smallest absolute Gasteiger partial charge is 0.335 e. The zero-order valence-corrected chi connectivity index (χ0v) is 17.8. The van der Waals surface area contributed by atoms with Gasteiger partial charge in [0.15, 0.2) is 0 Å². The van der Waals surface area contributed by atoms with Crippen molar-refractivity contribution in [3.05, 3.63) is 69.4 Å². The Morgan fingerprint density at radius 3 is 2.60 bits per heavy atom. The summed E-state index contributed by atoms with van der Waals surface area (Å²) in [5.41, 5.74) is 1.60. The summed E-state index contributed by atoms with van der Waals surface area (Å²) in [6.07, 6.45) is 5.15. The molecule has 2 N–H and O–H groups in total. The molecule has 0 saturated heterocycles. The second-order valence-corrected chi connectivity index (χ2v) is 8.34. The third-order valence-electron chi connectivity index (χ3n) is 5.11. The molecule has 0 spiro atoms. The van der Waals surface area contributed by atoms with Crippen LogP contribution in [0.15, 0.2) is 58.4 Å². The molecule has 0 amide bonds. The Bertz CT molecular complexity index is 933. The third-order valence-corrected chi connectivity index (χ3v) is 5.99. The van der Waals surface area contributed by atoms with Crippen molar-refractivity contribution in [2.45, 2.75) is 45.2 Å². The molecule has 158 valence electrons. The molecule has 2 aromatic rings. The molecule has 0 saturated carbocycles. The second-order valence-electron chi connectivity index (χ2n) is 7.31. The lowest BCUT2D eigenvalue weighted by atomic mass is 10.1. The monoisotopic (exact) mass is 426 g/mol. The molecule has 7 heteroatoms. The first-order chi connectivity index (χ1) is 14.5. The summed E-state index contributed by atoms with van der Waals surface area (Å²) in [4.78, 5) is 30.8. The molecule has 0 fully saturated rings. The SMILES string of the molecule is CCCCC1=NCC(C=C(Cc2cccs2)C(=O)O)N1Cc1ccc(C(=O)O)cc1. The summed E-state index contributed by atoms with van der Waals surface area (Å²) in [7, 11) is 0. The Hall–Kier alpha value is -2.93. The normalized spacial score (nSPS) is 16.6. The molecule has 1 aromatic heterocycles. The number of thiophene rings is 1. The summed E-state index contributed by atoms with van der Waals surface area (Å²) in [5.74, 6) is -0.870. The van der Waals surface area contributed by atoms with E-state index in [0.29, 0.717) is 25.1 Å². The van der Waals surface area contributed by atoms with E-state index >= 15 is 0 Å². The quantitative estimate of drug-likeness (QED) is 0.547. The van der Waals surface area contributed by atoms with Crippen molar-refractivity contribution in [3.63, 3.8) is 0 Å². The molecule has 0 radical (unpaired) electrons. The van der Waals surface area contributed by atoms with Gasteiger partial charge in [-0.1, -0.05) is 31.5 Å². The van der Waals surface area contributed by atoms with Crippen LogP contribution in [0.1, 0.15) is 47.0 Å². The molecular weight excluding hydrogens is 400 g/mol. The number of aliphatic carboxylic acids is 1. The maximum atomic E-state index is 11.9. The van der Waals surface area contributed by atoms with Crippen LogP contribution in [0.2, 0.25) is 0 Å². The van der Waals surface area contributed by atoms with E-state index in [-0.39, 0.29) is 11.6 Å². The van der Waals surface area contributed by atoms with Crippen LogP contribution in [0.4, 0.5) is 0 Å². The fourth-order valence-corrected chi connectivity index (χ4v) is 4.20. The van der Waals surface area contributed by atoms with Crippen molar-refractivity contribution in [2.24, 2.45) is 4.99 Å². The number of carboxylic acid groups (broad SMARTS) is 2. The van der Waals surface area contributed by atoms with Crippen LogP contribution in [-0.4, -0.2) is 45.5 Å². The number of benzene rings is 1. The number of rotatable bonds is 10. The molecular formula is C23H26N2O4S. The number of aliphatic imine (C=N–C) groups is 1. The first kappa shape index (κ1) is 21.8. The van der Waals surface area contributed by atoms with Gasteiger partial charge in [0.2, 0.25) is 0 Å². The zero-order chi connectivity index (χ0) is 21.5. The molecule has 6 nitrogen and oxygen atoms in total. The van der Waals surface area contributed by atoms with E-state index in [1.165, 1.54) is 0 Å². The fraction of sp³-hybridized carbons (Fsp3) is 0.348. The van der Waals surface area contributed by atoms with Crippen LogP contribution in [-0.2, 0) is 17.8 Å². The van der Waals surface area contributed by atoms with Crippen LogP contribution in [0.25, 0.3) is 0 Å². The van der Waals surface area contributed by atoms with Gasteiger partial charge in [-0.05, 0) is 41.6 Å². The van der Waals surface area contributed by atoms with Gasteiger partial charge in [-0.3, -0.25) is 4.99 Å². The standard InChI is InChI=1S/C23H26N2O4S/c1-2-3-6-21-24-14-19(12-18(23(28)29)13-20-5-4-11-30-20)25(21)15-16-7-9-17(10-8-16)22(26)27/h4-5,7-12,19H,2-3,6,13-15H2,1H3,(H,26,27)(H,28,29). The van der Waals surface area contributed by atoms with E-state index in [1.807, 2.05) is 35.7 Å². The Labute approximate surface area is 180 Å². The number of hydrogen-bond donors (Lipinski definition) is 2. The van der Waals surface area contributed by atoms with Crippen molar-refractivity contribution in [2.75, 3.05) is 6.54 Å². The van der Waals surface area contributed by atoms with Gasteiger partial charge in [-0.15, -0.1) is 11.3 Å². The molecule has 3 rings (SSSR count). The van der Waals surface area contributed by atoms with Crippen LogP contribution in [0, 0.1) is 0 Å². The molecule has 1 aliphatic heterocycles. The van der Waals surface area contributed by atoms with Crippen molar-refractivity contribution in [1.82, 2.24) is 4.90 Å². The van der Waals surface area contributed by atoms with Crippen molar-refractivity contribution >= 4 is 29.1 Å². The van der Waals surface area contributed by atoms with Gasteiger partial charge in [-0.25, -0.2) is 9.59 Å². The molecule has 30 heavy (non-hydrogen) atoms. The number of aromatic carboxylic acids is 1. The van der Waals surface area contributed by atoms with Gasteiger partial charge in [0.05, 0.1) is 24.0 Å². The maximum absolute atomic E-state index is 11.9. The average Bonchev–Trinajstić information content (AvgIpc) is 3.37. The predicted molar refractivity (Wildman–Crippen MR) is 118 cm³/mol. The fourth-order valence-electron chi connectivity index (χ4n) is 3.48. The number of carbonyl (C=O) groups is 2. The van der Waals surface area contributed by atoms with E-state index in [9.17, 15) is 14.7 Å². The van der Waals surface area contributed by atoms with Crippen molar-refractivity contribution in [1.29, 1.82) is 0 Å². The first-order valence-electron chi connectivity index (χ1n) is 10.1. The van der Waals surface area contributed by atoms with Gasteiger partial charge in [0.25, 0.3) is 0 Å². The van der Waals surface area contributed by atoms with Gasteiger partial charge in [-0.2, -0.15) is 0 Å². The lowest BCUT2D eigenvalue weighted by Gasteiger charge is -2.27. The van der Waals surface area contributed by atoms with E-state index in [1.54, 1.807) is 23.5 Å². The highest BCUT2D eigenvalue weighted by Crippen LogP contribution is 2.23. The lowest BCUT2D eigenvalue weighted by Crippen LogP contribution is -2.35. The number of hydrogen-bond acceptors (Lipinski definition) is 5. The molecule has 1 aliphatic rings.